The van der Waals surface area contributed by atoms with E-state index in [-0.39, 0.29) is 23.7 Å². The molecule has 0 radical (unpaired) electrons. The Morgan fingerprint density at radius 2 is 0.889 bits per heavy atom. The summed E-state index contributed by atoms with van der Waals surface area (Å²) in [6.07, 6.45) is 10.9. The van der Waals surface area contributed by atoms with Crippen molar-refractivity contribution in [2.24, 2.45) is 47.3 Å². The molecule has 0 aliphatic heterocycles. The minimum absolute atomic E-state index is 0.0431. The predicted molar refractivity (Wildman–Crippen MR) is 65.4 cm³/mol. The molecule has 2 unspecified atom stereocenters. The molecule has 18 heavy (non-hydrogen) atoms. The Morgan fingerprint density at radius 1 is 0.611 bits per heavy atom. The molecule has 8 atom stereocenters. The van der Waals surface area contributed by atoms with Gasteiger partial charge in [-0.3, -0.25) is 9.59 Å². The summed E-state index contributed by atoms with van der Waals surface area (Å²) in [4.78, 5) is 25.6. The fraction of sp³-hybridized carbons (Fsp3) is 0.625. The van der Waals surface area contributed by atoms with Gasteiger partial charge in [0.25, 0.3) is 0 Å². The highest BCUT2D eigenvalue weighted by Gasteiger charge is 2.63. The van der Waals surface area contributed by atoms with Crippen LogP contribution >= 0.6 is 0 Å². The lowest BCUT2D eigenvalue weighted by atomic mass is 9.60. The minimum Gasteiger partial charge on any atom is -0.299 e. The smallest absolute Gasteiger partial charge is 0.141 e. The van der Waals surface area contributed by atoms with Gasteiger partial charge in [0.15, 0.2) is 0 Å². The maximum absolute atomic E-state index is 12.8. The Balaban J connectivity index is 1.65. The highest BCUT2D eigenvalue weighted by atomic mass is 16.1. The van der Waals surface area contributed by atoms with Crippen LogP contribution in [0.2, 0.25) is 0 Å². The number of rotatable bonds is 0. The molecule has 0 N–H and O–H groups in total. The molecule has 0 heterocycles. The van der Waals surface area contributed by atoms with E-state index >= 15 is 0 Å². The molecule has 0 spiro atoms. The molecular formula is C16H16O2. The first-order chi connectivity index (χ1) is 8.75. The minimum atomic E-state index is 0.0431. The third-order valence-corrected chi connectivity index (χ3v) is 6.23. The van der Waals surface area contributed by atoms with Crippen molar-refractivity contribution in [3.05, 3.63) is 24.3 Å². The van der Waals surface area contributed by atoms with Crippen molar-refractivity contribution >= 4 is 11.6 Å². The van der Waals surface area contributed by atoms with E-state index in [2.05, 4.69) is 24.3 Å². The number of carbonyl (C=O) groups is 2. The summed E-state index contributed by atoms with van der Waals surface area (Å²) in [6.45, 7) is 0. The lowest BCUT2D eigenvalue weighted by molar-refractivity contribution is -0.148. The zero-order valence-corrected chi connectivity index (χ0v) is 10.2. The summed E-state index contributed by atoms with van der Waals surface area (Å²) in [7, 11) is 0. The molecular weight excluding hydrogens is 224 g/mol. The molecule has 5 rings (SSSR count). The van der Waals surface area contributed by atoms with Crippen molar-refractivity contribution in [2.75, 3.05) is 0 Å². The second kappa shape index (κ2) is 2.87. The summed E-state index contributed by atoms with van der Waals surface area (Å²) in [5, 5.41) is 0. The summed E-state index contributed by atoms with van der Waals surface area (Å²) in [5.41, 5.74) is 0. The van der Waals surface area contributed by atoms with E-state index in [1.54, 1.807) is 0 Å². The van der Waals surface area contributed by atoms with Crippen molar-refractivity contribution in [1.29, 1.82) is 0 Å². The van der Waals surface area contributed by atoms with Gasteiger partial charge in [-0.2, -0.15) is 0 Å². The fourth-order valence-corrected chi connectivity index (χ4v) is 5.64. The van der Waals surface area contributed by atoms with E-state index in [4.69, 9.17) is 0 Å². The maximum atomic E-state index is 12.8. The standard InChI is InChI=1S/C16H16O2/c17-15-11-7-1-2-8(5-7)12(11)16(18)14-10-4-3-9(6-10)13(14)15/h1-4,7-14H,5-6H2/t7-,8-,9?,10?,11-,12+,13-,14+/m1/s1. The summed E-state index contributed by atoms with van der Waals surface area (Å²) in [5.74, 6) is 2.53. The van der Waals surface area contributed by atoms with Crippen LogP contribution in [-0.2, 0) is 9.59 Å². The van der Waals surface area contributed by atoms with E-state index in [9.17, 15) is 9.59 Å². The lowest BCUT2D eigenvalue weighted by Crippen LogP contribution is -2.50. The van der Waals surface area contributed by atoms with Crippen LogP contribution in [0.25, 0.3) is 0 Å². The second-order valence-electron chi connectivity index (χ2n) is 6.80. The van der Waals surface area contributed by atoms with Crippen LogP contribution in [-0.4, -0.2) is 11.6 Å². The van der Waals surface area contributed by atoms with Crippen LogP contribution in [0.4, 0.5) is 0 Å². The topological polar surface area (TPSA) is 34.1 Å². The number of fused-ring (bicyclic) bond motifs is 10. The van der Waals surface area contributed by atoms with Gasteiger partial charge in [-0.05, 0) is 36.5 Å². The average molecular weight is 240 g/mol. The largest absolute Gasteiger partial charge is 0.299 e. The molecule has 2 nitrogen and oxygen atoms in total. The quantitative estimate of drug-likeness (QED) is 0.607. The highest BCUT2D eigenvalue weighted by molar-refractivity contribution is 6.02. The first kappa shape index (κ1) is 9.71. The van der Waals surface area contributed by atoms with Gasteiger partial charge in [-0.1, -0.05) is 24.3 Å². The van der Waals surface area contributed by atoms with Crippen molar-refractivity contribution in [3.8, 4) is 0 Å². The number of Topliss-reactive ketones (excluding diaryl/α,β-unsaturated/α-hetero) is 2. The van der Waals surface area contributed by atoms with Crippen molar-refractivity contribution in [2.45, 2.75) is 12.8 Å². The van der Waals surface area contributed by atoms with Crippen LogP contribution in [0.15, 0.2) is 24.3 Å². The van der Waals surface area contributed by atoms with Crippen LogP contribution < -0.4 is 0 Å². The molecule has 92 valence electrons. The molecule has 2 heteroatoms. The van der Waals surface area contributed by atoms with Gasteiger partial charge in [-0.15, -0.1) is 0 Å². The second-order valence-corrected chi connectivity index (χ2v) is 6.80. The monoisotopic (exact) mass is 240 g/mol. The SMILES string of the molecule is O=C1[C@H]2[C@@H](C(=O)[C@H]3C4C=CC(C4)[C@@H]13)[C@@H]1C=C[C@@H]2C1. The van der Waals surface area contributed by atoms with Gasteiger partial charge in [0.1, 0.15) is 11.6 Å². The predicted octanol–water partition coefficient (Wildman–Crippen LogP) is 2.01. The molecule has 4 bridgehead atoms. The number of hydrogen-bond acceptors (Lipinski definition) is 2. The zero-order chi connectivity index (χ0) is 12.0. The fourth-order valence-electron chi connectivity index (χ4n) is 5.64. The van der Waals surface area contributed by atoms with E-state index in [1.165, 1.54) is 0 Å². The number of allylic oxidation sites excluding steroid dienone is 4. The molecule has 3 saturated carbocycles. The molecule has 0 aromatic carbocycles. The van der Waals surface area contributed by atoms with Crippen molar-refractivity contribution in [3.63, 3.8) is 0 Å². The first-order valence-electron chi connectivity index (χ1n) is 7.20. The molecule has 5 aliphatic rings. The highest BCUT2D eigenvalue weighted by Crippen LogP contribution is 2.60. The Morgan fingerprint density at radius 3 is 1.17 bits per heavy atom. The van der Waals surface area contributed by atoms with Crippen LogP contribution in [0.3, 0.4) is 0 Å². The van der Waals surface area contributed by atoms with Crippen LogP contribution in [0, 0.1) is 47.3 Å². The molecule has 0 aromatic rings. The van der Waals surface area contributed by atoms with Gasteiger partial charge in [0.2, 0.25) is 0 Å². The summed E-state index contributed by atoms with van der Waals surface area (Å²) < 4.78 is 0. The number of ketones is 2. The molecule has 0 amide bonds. The molecule has 0 saturated heterocycles. The molecule has 0 aromatic heterocycles. The summed E-state index contributed by atoms with van der Waals surface area (Å²) in [6, 6.07) is 0. The Hall–Kier alpha value is -1.18. The van der Waals surface area contributed by atoms with E-state index in [0.717, 1.165) is 12.8 Å². The normalized spacial score (nSPS) is 58.4. The van der Waals surface area contributed by atoms with E-state index in [1.807, 2.05) is 0 Å². The lowest BCUT2D eigenvalue weighted by Gasteiger charge is -2.40. The van der Waals surface area contributed by atoms with Gasteiger partial charge >= 0.3 is 0 Å². The van der Waals surface area contributed by atoms with Crippen LogP contribution in [0.1, 0.15) is 12.8 Å². The van der Waals surface area contributed by atoms with E-state index in [0.29, 0.717) is 35.2 Å². The third-order valence-electron chi connectivity index (χ3n) is 6.23. The molecule has 3 fully saturated rings. The van der Waals surface area contributed by atoms with Gasteiger partial charge in [0.05, 0.1) is 0 Å². The Labute approximate surface area is 106 Å². The number of hydrogen-bond donors (Lipinski definition) is 0. The zero-order valence-electron chi connectivity index (χ0n) is 10.2. The van der Waals surface area contributed by atoms with Crippen molar-refractivity contribution in [1.82, 2.24) is 0 Å². The average Bonchev–Trinajstić information content (AvgIpc) is 3.10. The van der Waals surface area contributed by atoms with Gasteiger partial charge in [0, 0.05) is 23.7 Å². The maximum Gasteiger partial charge on any atom is 0.141 e. The number of carbonyl (C=O) groups excluding carboxylic acids is 2. The Kier molecular flexibility index (Phi) is 1.55. The van der Waals surface area contributed by atoms with Gasteiger partial charge in [-0.25, -0.2) is 0 Å². The molecule has 5 aliphatic carbocycles. The third kappa shape index (κ3) is 0.877. The van der Waals surface area contributed by atoms with E-state index < -0.39 is 0 Å². The Bertz CT molecular complexity index is 441. The van der Waals surface area contributed by atoms with Crippen molar-refractivity contribution < 1.29 is 9.59 Å². The van der Waals surface area contributed by atoms with Crippen LogP contribution in [0.5, 0.6) is 0 Å². The summed E-state index contributed by atoms with van der Waals surface area (Å²) >= 11 is 0. The first-order valence-corrected chi connectivity index (χ1v) is 7.20. The van der Waals surface area contributed by atoms with Gasteiger partial charge < -0.3 is 0 Å².